The van der Waals surface area contributed by atoms with E-state index in [4.69, 9.17) is 15.9 Å². The first kappa shape index (κ1) is 11.5. The van der Waals surface area contributed by atoms with Crippen LogP contribution in [0, 0.1) is 12.3 Å². The lowest BCUT2D eigenvalue weighted by Crippen LogP contribution is -2.46. The van der Waals surface area contributed by atoms with Crippen molar-refractivity contribution in [3.8, 4) is 12.3 Å². The molecule has 1 saturated heterocycles. The van der Waals surface area contributed by atoms with Crippen LogP contribution in [0.4, 0.5) is 0 Å². The monoisotopic (exact) mass is 197 g/mol. The van der Waals surface area contributed by atoms with Crippen molar-refractivity contribution in [1.82, 2.24) is 5.32 Å². The molecule has 0 aromatic carbocycles. The lowest BCUT2D eigenvalue weighted by Gasteiger charge is -2.30. The maximum atomic E-state index is 5.61. The van der Waals surface area contributed by atoms with E-state index < -0.39 is 0 Å². The maximum Gasteiger partial charge on any atom is 0.0971 e. The molecule has 3 nitrogen and oxygen atoms in total. The summed E-state index contributed by atoms with van der Waals surface area (Å²) < 4.78 is 11.0. The topological polar surface area (TPSA) is 30.5 Å². The van der Waals surface area contributed by atoms with Gasteiger partial charge in [0.15, 0.2) is 0 Å². The van der Waals surface area contributed by atoms with Crippen LogP contribution in [0.3, 0.4) is 0 Å². The molecule has 0 amide bonds. The van der Waals surface area contributed by atoms with Crippen molar-refractivity contribution in [1.29, 1.82) is 0 Å². The van der Waals surface area contributed by atoms with Gasteiger partial charge in [-0.05, 0) is 13.0 Å². The Kier molecular flexibility index (Phi) is 5.62. The molecule has 1 rings (SSSR count). The zero-order valence-electron chi connectivity index (χ0n) is 8.79. The fraction of sp³-hybridized carbons (Fsp3) is 0.818. The van der Waals surface area contributed by atoms with E-state index in [-0.39, 0.29) is 12.1 Å². The Morgan fingerprint density at radius 3 is 3.00 bits per heavy atom. The third-order valence-electron chi connectivity index (χ3n) is 2.28. The molecule has 2 atom stereocenters. The number of ether oxygens (including phenoxy) is 2. The van der Waals surface area contributed by atoms with Gasteiger partial charge in [-0.15, -0.1) is 12.3 Å². The highest BCUT2D eigenvalue weighted by Crippen LogP contribution is 2.08. The minimum atomic E-state index is 0.117. The Labute approximate surface area is 86.2 Å². The molecule has 80 valence electrons. The molecule has 14 heavy (non-hydrogen) atoms. The molecule has 0 aromatic heterocycles. The predicted molar refractivity (Wildman–Crippen MR) is 56.1 cm³/mol. The third-order valence-corrected chi connectivity index (χ3v) is 2.28. The Morgan fingerprint density at radius 1 is 1.57 bits per heavy atom. The van der Waals surface area contributed by atoms with Crippen molar-refractivity contribution in [3.63, 3.8) is 0 Å². The van der Waals surface area contributed by atoms with Crippen molar-refractivity contribution in [2.45, 2.75) is 31.9 Å². The Hall–Kier alpha value is -0.560. The van der Waals surface area contributed by atoms with Gasteiger partial charge in [0.05, 0.1) is 25.9 Å². The van der Waals surface area contributed by atoms with Crippen molar-refractivity contribution in [2.75, 3.05) is 26.4 Å². The first-order valence-corrected chi connectivity index (χ1v) is 5.24. The standard InChI is InChI=1S/C11H19NO2/c1-3-5-10(12-6-4-2)11-9-13-7-8-14-11/h1,10-12H,4-9H2,2H3. The summed E-state index contributed by atoms with van der Waals surface area (Å²) in [6, 6.07) is 0.236. The van der Waals surface area contributed by atoms with Crippen molar-refractivity contribution < 1.29 is 9.47 Å². The molecular weight excluding hydrogens is 178 g/mol. The quantitative estimate of drug-likeness (QED) is 0.661. The largest absolute Gasteiger partial charge is 0.376 e. The SMILES string of the molecule is C#CCC(NCCC)C1COCCO1. The first-order valence-electron chi connectivity index (χ1n) is 5.24. The van der Waals surface area contributed by atoms with Crippen LogP contribution in [-0.2, 0) is 9.47 Å². The molecule has 3 heteroatoms. The first-order chi connectivity index (χ1) is 6.88. The molecule has 1 heterocycles. The second-order valence-corrected chi connectivity index (χ2v) is 3.45. The maximum absolute atomic E-state index is 5.61. The minimum Gasteiger partial charge on any atom is -0.376 e. The van der Waals surface area contributed by atoms with Crippen LogP contribution in [0.15, 0.2) is 0 Å². The molecule has 0 saturated carbocycles. The van der Waals surface area contributed by atoms with Gasteiger partial charge in [0.2, 0.25) is 0 Å². The average molecular weight is 197 g/mol. The van der Waals surface area contributed by atoms with E-state index >= 15 is 0 Å². The zero-order chi connectivity index (χ0) is 10.2. The summed E-state index contributed by atoms with van der Waals surface area (Å²) in [5, 5.41) is 3.39. The smallest absolute Gasteiger partial charge is 0.0971 e. The molecule has 2 unspecified atom stereocenters. The van der Waals surface area contributed by atoms with Gasteiger partial charge in [-0.1, -0.05) is 6.92 Å². The molecule has 1 aliphatic heterocycles. The molecule has 1 aliphatic rings. The fourth-order valence-corrected chi connectivity index (χ4v) is 1.53. The van der Waals surface area contributed by atoms with Gasteiger partial charge in [0, 0.05) is 12.5 Å². The van der Waals surface area contributed by atoms with Gasteiger partial charge in [0.25, 0.3) is 0 Å². The summed E-state index contributed by atoms with van der Waals surface area (Å²) in [4.78, 5) is 0. The summed E-state index contributed by atoms with van der Waals surface area (Å²) in [5.41, 5.74) is 0. The van der Waals surface area contributed by atoms with Crippen molar-refractivity contribution in [2.24, 2.45) is 0 Å². The normalized spacial score (nSPS) is 24.1. The number of rotatable bonds is 5. The Bertz CT molecular complexity index is 182. The Morgan fingerprint density at radius 2 is 2.43 bits per heavy atom. The van der Waals surface area contributed by atoms with E-state index in [0.29, 0.717) is 26.2 Å². The molecule has 1 fully saturated rings. The zero-order valence-corrected chi connectivity index (χ0v) is 8.79. The van der Waals surface area contributed by atoms with Gasteiger partial charge in [0.1, 0.15) is 0 Å². The van der Waals surface area contributed by atoms with Crippen LogP contribution in [-0.4, -0.2) is 38.5 Å². The lowest BCUT2D eigenvalue weighted by molar-refractivity contribution is -0.101. The highest BCUT2D eigenvalue weighted by atomic mass is 16.6. The van der Waals surface area contributed by atoms with E-state index in [1.165, 1.54) is 0 Å². The van der Waals surface area contributed by atoms with E-state index in [9.17, 15) is 0 Å². The minimum absolute atomic E-state index is 0.117. The number of hydrogen-bond acceptors (Lipinski definition) is 3. The van der Waals surface area contributed by atoms with E-state index in [0.717, 1.165) is 13.0 Å². The predicted octanol–water partition coefficient (Wildman–Crippen LogP) is 0.793. The Balaban J connectivity index is 2.35. The van der Waals surface area contributed by atoms with Gasteiger partial charge < -0.3 is 14.8 Å². The average Bonchev–Trinajstić information content (AvgIpc) is 2.25. The van der Waals surface area contributed by atoms with Crippen LogP contribution in [0.2, 0.25) is 0 Å². The second kappa shape index (κ2) is 6.83. The number of nitrogens with one attached hydrogen (secondary N) is 1. The van der Waals surface area contributed by atoms with Gasteiger partial charge >= 0.3 is 0 Å². The summed E-state index contributed by atoms with van der Waals surface area (Å²) in [5.74, 6) is 2.68. The third kappa shape index (κ3) is 3.67. The van der Waals surface area contributed by atoms with Crippen molar-refractivity contribution in [3.05, 3.63) is 0 Å². The van der Waals surface area contributed by atoms with Gasteiger partial charge in [-0.3, -0.25) is 0 Å². The molecule has 0 spiro atoms. The van der Waals surface area contributed by atoms with Crippen LogP contribution in [0.1, 0.15) is 19.8 Å². The highest BCUT2D eigenvalue weighted by Gasteiger charge is 2.23. The molecule has 0 aliphatic carbocycles. The van der Waals surface area contributed by atoms with Crippen LogP contribution in [0.5, 0.6) is 0 Å². The summed E-state index contributed by atoms with van der Waals surface area (Å²) >= 11 is 0. The van der Waals surface area contributed by atoms with Crippen LogP contribution in [0.25, 0.3) is 0 Å². The van der Waals surface area contributed by atoms with E-state index in [1.807, 2.05) is 0 Å². The van der Waals surface area contributed by atoms with E-state index in [1.54, 1.807) is 0 Å². The molecule has 0 aromatic rings. The lowest BCUT2D eigenvalue weighted by atomic mass is 10.1. The van der Waals surface area contributed by atoms with Crippen LogP contribution >= 0.6 is 0 Å². The number of terminal acetylenes is 1. The summed E-state index contributed by atoms with van der Waals surface area (Å²) in [7, 11) is 0. The number of hydrogen-bond donors (Lipinski definition) is 1. The highest BCUT2D eigenvalue weighted by molar-refractivity contribution is 4.93. The van der Waals surface area contributed by atoms with Crippen molar-refractivity contribution >= 4 is 0 Å². The molecule has 0 bridgehead atoms. The van der Waals surface area contributed by atoms with Gasteiger partial charge in [-0.25, -0.2) is 0 Å². The van der Waals surface area contributed by atoms with Crippen LogP contribution < -0.4 is 5.32 Å². The molecule has 0 radical (unpaired) electrons. The summed E-state index contributed by atoms with van der Waals surface area (Å²) in [6.45, 7) is 5.15. The van der Waals surface area contributed by atoms with Gasteiger partial charge in [-0.2, -0.15) is 0 Å². The van der Waals surface area contributed by atoms with E-state index in [2.05, 4.69) is 18.2 Å². The second-order valence-electron chi connectivity index (χ2n) is 3.45. The summed E-state index contributed by atoms with van der Waals surface area (Å²) in [6.07, 6.45) is 7.25. The molecular formula is C11H19NO2. The fourth-order valence-electron chi connectivity index (χ4n) is 1.53. The molecule has 1 N–H and O–H groups in total.